The van der Waals surface area contributed by atoms with E-state index in [0.29, 0.717) is 12.6 Å². The maximum Gasteiger partial charge on any atom is 0.234 e. The lowest BCUT2D eigenvalue weighted by atomic mass is 10.0. The van der Waals surface area contributed by atoms with E-state index in [1.54, 1.807) is 7.11 Å². The highest BCUT2D eigenvalue weighted by Gasteiger charge is 2.28. The molecule has 116 valence electrons. The van der Waals surface area contributed by atoms with Crippen LogP contribution >= 0.6 is 0 Å². The third-order valence-electron chi connectivity index (χ3n) is 3.70. The Labute approximate surface area is 127 Å². The van der Waals surface area contributed by atoms with Crippen LogP contribution in [-0.2, 0) is 4.79 Å². The normalized spacial score (nSPS) is 19.5. The third-order valence-corrected chi connectivity index (χ3v) is 3.70. The number of carbonyl (C=O) groups is 1. The number of hydrogen-bond donors (Lipinski definition) is 1. The molecule has 0 radical (unpaired) electrons. The number of likely N-dealkylation sites (tertiary alicyclic amines) is 1. The molecule has 1 saturated heterocycles. The molecule has 1 atom stereocenters. The monoisotopic (exact) mass is 290 g/mol. The molecule has 1 unspecified atom stereocenters. The van der Waals surface area contributed by atoms with E-state index in [9.17, 15) is 4.79 Å². The van der Waals surface area contributed by atoms with Gasteiger partial charge in [-0.25, -0.2) is 0 Å². The molecule has 0 aliphatic carbocycles. The van der Waals surface area contributed by atoms with Crippen molar-refractivity contribution in [1.29, 1.82) is 0 Å². The van der Waals surface area contributed by atoms with Crippen molar-refractivity contribution in [2.45, 2.75) is 45.2 Å². The third kappa shape index (κ3) is 4.46. The number of rotatable bonds is 4. The lowest BCUT2D eigenvalue weighted by Gasteiger charge is -2.27. The van der Waals surface area contributed by atoms with Gasteiger partial charge in [-0.3, -0.25) is 9.69 Å². The van der Waals surface area contributed by atoms with Crippen LogP contribution in [0.2, 0.25) is 0 Å². The summed E-state index contributed by atoms with van der Waals surface area (Å²) >= 11 is 0. The topological polar surface area (TPSA) is 41.6 Å². The van der Waals surface area contributed by atoms with Crippen molar-refractivity contribution >= 4 is 5.91 Å². The number of carbonyl (C=O) groups excluding carboxylic acids is 1. The second kappa shape index (κ2) is 6.48. The Morgan fingerprint density at radius 1 is 1.43 bits per heavy atom. The number of amides is 1. The van der Waals surface area contributed by atoms with Gasteiger partial charge in [0.25, 0.3) is 0 Å². The van der Waals surface area contributed by atoms with Gasteiger partial charge in [-0.2, -0.15) is 0 Å². The summed E-state index contributed by atoms with van der Waals surface area (Å²) in [5.41, 5.74) is 1.05. The molecule has 1 N–H and O–H groups in total. The van der Waals surface area contributed by atoms with E-state index in [0.717, 1.165) is 25.1 Å². The minimum Gasteiger partial charge on any atom is -0.497 e. The van der Waals surface area contributed by atoms with Gasteiger partial charge >= 0.3 is 0 Å². The van der Waals surface area contributed by atoms with Gasteiger partial charge < -0.3 is 10.1 Å². The van der Waals surface area contributed by atoms with E-state index in [4.69, 9.17) is 4.74 Å². The number of hydrogen-bond acceptors (Lipinski definition) is 3. The fourth-order valence-electron chi connectivity index (χ4n) is 2.88. The zero-order chi connectivity index (χ0) is 15.5. The molecule has 2 rings (SSSR count). The molecular weight excluding hydrogens is 264 g/mol. The smallest absolute Gasteiger partial charge is 0.234 e. The van der Waals surface area contributed by atoms with Gasteiger partial charge in [-0.1, -0.05) is 12.1 Å². The quantitative estimate of drug-likeness (QED) is 0.927. The summed E-state index contributed by atoms with van der Waals surface area (Å²) in [6.45, 7) is 7.45. The van der Waals surface area contributed by atoms with Gasteiger partial charge in [0.1, 0.15) is 5.75 Å². The molecule has 4 nitrogen and oxygen atoms in total. The molecule has 1 aliphatic rings. The predicted molar refractivity (Wildman–Crippen MR) is 84.4 cm³/mol. The van der Waals surface area contributed by atoms with Crippen LogP contribution in [0.15, 0.2) is 24.3 Å². The highest BCUT2D eigenvalue weighted by atomic mass is 16.5. The molecule has 1 aliphatic heterocycles. The summed E-state index contributed by atoms with van der Waals surface area (Å²) in [5.74, 6) is 0.968. The Morgan fingerprint density at radius 2 is 2.19 bits per heavy atom. The molecule has 1 aromatic carbocycles. The van der Waals surface area contributed by atoms with Crippen LogP contribution in [0.3, 0.4) is 0 Å². The molecule has 1 heterocycles. The molecule has 0 bridgehead atoms. The molecule has 4 heteroatoms. The molecule has 1 fully saturated rings. The number of benzene rings is 1. The summed E-state index contributed by atoms with van der Waals surface area (Å²) in [7, 11) is 1.68. The summed E-state index contributed by atoms with van der Waals surface area (Å²) < 4.78 is 5.30. The minimum atomic E-state index is -0.178. The Balaban J connectivity index is 2.04. The second-order valence-electron chi connectivity index (χ2n) is 6.70. The first-order valence-corrected chi connectivity index (χ1v) is 7.58. The van der Waals surface area contributed by atoms with Crippen molar-refractivity contribution < 1.29 is 9.53 Å². The van der Waals surface area contributed by atoms with E-state index in [-0.39, 0.29) is 11.4 Å². The maximum absolute atomic E-state index is 12.1. The lowest BCUT2D eigenvalue weighted by molar-refractivity contribution is -0.123. The fourth-order valence-corrected chi connectivity index (χ4v) is 2.88. The van der Waals surface area contributed by atoms with E-state index < -0.39 is 0 Å². The van der Waals surface area contributed by atoms with Gasteiger partial charge in [0.15, 0.2) is 0 Å². The summed E-state index contributed by atoms with van der Waals surface area (Å²) in [5, 5.41) is 3.04. The van der Waals surface area contributed by atoms with E-state index >= 15 is 0 Å². The molecule has 0 saturated carbocycles. The van der Waals surface area contributed by atoms with Gasteiger partial charge in [-0.15, -0.1) is 0 Å². The highest BCUT2D eigenvalue weighted by molar-refractivity contribution is 5.78. The number of nitrogens with one attached hydrogen (secondary N) is 1. The second-order valence-corrected chi connectivity index (χ2v) is 6.70. The van der Waals surface area contributed by atoms with Crippen molar-refractivity contribution in [3.8, 4) is 5.75 Å². The molecule has 1 amide bonds. The van der Waals surface area contributed by atoms with Crippen LogP contribution in [0.4, 0.5) is 0 Å². The Kier molecular flexibility index (Phi) is 4.88. The molecule has 0 aromatic heterocycles. The van der Waals surface area contributed by atoms with Crippen molar-refractivity contribution in [3.63, 3.8) is 0 Å². The van der Waals surface area contributed by atoms with Crippen LogP contribution in [-0.4, -0.2) is 36.5 Å². The van der Waals surface area contributed by atoms with E-state index in [2.05, 4.69) is 22.3 Å². The van der Waals surface area contributed by atoms with Crippen molar-refractivity contribution in [2.75, 3.05) is 20.2 Å². The fraction of sp³-hybridized carbons (Fsp3) is 0.588. The summed E-state index contributed by atoms with van der Waals surface area (Å²) in [6, 6.07) is 8.47. The average Bonchev–Trinajstić information content (AvgIpc) is 2.84. The van der Waals surface area contributed by atoms with Gasteiger partial charge in [0.2, 0.25) is 5.91 Å². The molecular formula is C17H26N2O2. The standard InChI is InChI=1S/C17H26N2O2/c1-17(2,3)18-16(20)12-19-10-6-9-15(19)13-7-5-8-14(11-13)21-4/h5,7-8,11,15H,6,9-10,12H2,1-4H3,(H,18,20). The largest absolute Gasteiger partial charge is 0.497 e. The van der Waals surface area contributed by atoms with Crippen molar-refractivity contribution in [3.05, 3.63) is 29.8 Å². The van der Waals surface area contributed by atoms with Crippen LogP contribution in [0.1, 0.15) is 45.2 Å². The first-order valence-electron chi connectivity index (χ1n) is 7.58. The minimum absolute atomic E-state index is 0.0947. The van der Waals surface area contributed by atoms with Gasteiger partial charge in [-0.05, 0) is 57.9 Å². The van der Waals surface area contributed by atoms with Crippen molar-refractivity contribution in [1.82, 2.24) is 10.2 Å². The average molecular weight is 290 g/mol. The van der Waals surface area contributed by atoms with Crippen LogP contribution in [0.25, 0.3) is 0 Å². The van der Waals surface area contributed by atoms with Gasteiger partial charge in [0.05, 0.1) is 13.7 Å². The summed E-state index contributed by atoms with van der Waals surface area (Å²) in [4.78, 5) is 14.4. The SMILES string of the molecule is COc1cccc(C2CCCN2CC(=O)NC(C)(C)C)c1. The first-order chi connectivity index (χ1) is 9.89. The number of ether oxygens (including phenoxy) is 1. The highest BCUT2D eigenvalue weighted by Crippen LogP contribution is 2.33. The van der Waals surface area contributed by atoms with E-state index in [1.165, 1.54) is 5.56 Å². The first kappa shape index (κ1) is 15.8. The zero-order valence-corrected chi connectivity index (χ0v) is 13.5. The summed E-state index contributed by atoms with van der Waals surface area (Å²) in [6.07, 6.45) is 2.22. The van der Waals surface area contributed by atoms with E-state index in [1.807, 2.05) is 32.9 Å². The van der Waals surface area contributed by atoms with Crippen LogP contribution in [0, 0.1) is 0 Å². The Morgan fingerprint density at radius 3 is 2.86 bits per heavy atom. The maximum atomic E-state index is 12.1. The Hall–Kier alpha value is -1.55. The van der Waals surface area contributed by atoms with Crippen LogP contribution < -0.4 is 10.1 Å². The number of methoxy groups -OCH3 is 1. The Bertz CT molecular complexity index is 494. The predicted octanol–water partition coefficient (Wildman–Crippen LogP) is 2.75. The molecule has 0 spiro atoms. The van der Waals surface area contributed by atoms with Crippen LogP contribution in [0.5, 0.6) is 5.75 Å². The molecule has 1 aromatic rings. The number of nitrogens with zero attached hydrogens (tertiary/aromatic N) is 1. The van der Waals surface area contributed by atoms with Crippen molar-refractivity contribution in [2.24, 2.45) is 0 Å². The zero-order valence-electron chi connectivity index (χ0n) is 13.5. The lowest BCUT2D eigenvalue weighted by Crippen LogP contribution is -2.45. The molecule has 21 heavy (non-hydrogen) atoms. The van der Waals surface area contributed by atoms with Gasteiger partial charge in [0, 0.05) is 11.6 Å².